The molecular weight excluding hydrogens is 312 g/mol. The second-order valence-corrected chi connectivity index (χ2v) is 5.62. The van der Waals surface area contributed by atoms with Gasteiger partial charge in [-0.05, 0) is 56.3 Å². The number of urea groups is 1. The van der Waals surface area contributed by atoms with E-state index in [1.807, 2.05) is 19.9 Å². The fraction of sp³-hybridized carbons (Fsp3) is 0.118. The maximum absolute atomic E-state index is 12.0. The normalized spacial score (nSPS) is 10.6. The predicted octanol–water partition coefficient (Wildman–Crippen LogP) is 4.54. The van der Waals surface area contributed by atoms with E-state index in [1.54, 1.807) is 36.4 Å². The van der Waals surface area contributed by atoms with Crippen molar-refractivity contribution in [1.29, 1.82) is 0 Å². The number of benzene rings is 2. The minimum absolute atomic E-state index is 0.330. The monoisotopic (exact) mass is 326 g/mol. The van der Waals surface area contributed by atoms with Gasteiger partial charge < -0.3 is 10.6 Å². The first-order chi connectivity index (χ1) is 11.0. The molecule has 0 bridgehead atoms. The average molecular weight is 327 g/mol. The van der Waals surface area contributed by atoms with Gasteiger partial charge in [0.2, 0.25) is 0 Å². The number of nitrogens with zero attached hydrogens (tertiary/aromatic N) is 2. The van der Waals surface area contributed by atoms with Gasteiger partial charge in [-0.1, -0.05) is 11.6 Å². The van der Waals surface area contributed by atoms with E-state index in [0.717, 1.165) is 22.4 Å². The van der Waals surface area contributed by atoms with E-state index in [1.165, 1.54) is 0 Å². The van der Waals surface area contributed by atoms with Crippen LogP contribution in [0, 0.1) is 13.8 Å². The van der Waals surface area contributed by atoms with E-state index >= 15 is 0 Å². The Bertz CT molecular complexity index is 878. The van der Waals surface area contributed by atoms with Gasteiger partial charge in [0, 0.05) is 16.4 Å². The SMILES string of the molecule is Cc1nc2ccc(NC(=O)Nc3ccc(Cl)cc3)cc2nc1C. The molecule has 2 N–H and O–H groups in total. The van der Waals surface area contributed by atoms with Crippen molar-refractivity contribution in [1.82, 2.24) is 9.97 Å². The minimum atomic E-state index is -0.330. The summed E-state index contributed by atoms with van der Waals surface area (Å²) in [5.74, 6) is 0. The lowest BCUT2D eigenvalue weighted by atomic mass is 10.2. The fourth-order valence-electron chi connectivity index (χ4n) is 2.14. The van der Waals surface area contributed by atoms with Gasteiger partial charge in [0.25, 0.3) is 0 Å². The highest BCUT2D eigenvalue weighted by atomic mass is 35.5. The number of carbonyl (C=O) groups excluding carboxylic acids is 1. The van der Waals surface area contributed by atoms with Gasteiger partial charge in [0.15, 0.2) is 0 Å². The largest absolute Gasteiger partial charge is 0.323 e. The standard InChI is InChI=1S/C17H15ClN4O/c1-10-11(2)20-16-9-14(7-8-15(16)19-10)22-17(23)21-13-5-3-12(18)4-6-13/h3-9H,1-2H3,(H2,21,22,23). The molecule has 0 unspecified atom stereocenters. The smallest absolute Gasteiger partial charge is 0.308 e. The summed E-state index contributed by atoms with van der Waals surface area (Å²) in [5.41, 5.74) is 4.65. The first-order valence-electron chi connectivity index (χ1n) is 7.10. The van der Waals surface area contributed by atoms with Crippen LogP contribution in [-0.2, 0) is 0 Å². The summed E-state index contributed by atoms with van der Waals surface area (Å²) in [6.07, 6.45) is 0. The molecule has 3 aromatic rings. The minimum Gasteiger partial charge on any atom is -0.308 e. The summed E-state index contributed by atoms with van der Waals surface area (Å²) >= 11 is 5.82. The molecule has 0 aliphatic heterocycles. The van der Waals surface area contributed by atoms with Gasteiger partial charge >= 0.3 is 6.03 Å². The molecule has 5 nitrogen and oxygen atoms in total. The van der Waals surface area contributed by atoms with Crippen LogP contribution in [0.5, 0.6) is 0 Å². The Hall–Kier alpha value is -2.66. The maximum Gasteiger partial charge on any atom is 0.323 e. The zero-order chi connectivity index (χ0) is 16.4. The van der Waals surface area contributed by atoms with Crippen molar-refractivity contribution in [2.24, 2.45) is 0 Å². The van der Waals surface area contributed by atoms with E-state index in [9.17, 15) is 4.79 Å². The Balaban J connectivity index is 1.76. The number of hydrogen-bond acceptors (Lipinski definition) is 3. The van der Waals surface area contributed by atoms with Crippen molar-refractivity contribution >= 4 is 40.0 Å². The van der Waals surface area contributed by atoms with E-state index in [-0.39, 0.29) is 6.03 Å². The van der Waals surface area contributed by atoms with Crippen molar-refractivity contribution in [2.75, 3.05) is 10.6 Å². The summed E-state index contributed by atoms with van der Waals surface area (Å²) in [7, 11) is 0. The zero-order valence-electron chi connectivity index (χ0n) is 12.7. The van der Waals surface area contributed by atoms with Gasteiger partial charge in [-0.25, -0.2) is 14.8 Å². The number of anilines is 2. The molecule has 0 fully saturated rings. The maximum atomic E-state index is 12.0. The Morgan fingerprint density at radius 3 is 2.13 bits per heavy atom. The molecule has 116 valence electrons. The Morgan fingerprint density at radius 1 is 0.870 bits per heavy atom. The van der Waals surface area contributed by atoms with Gasteiger partial charge in [-0.15, -0.1) is 0 Å². The second kappa shape index (κ2) is 6.22. The molecule has 23 heavy (non-hydrogen) atoms. The third-order valence-electron chi connectivity index (χ3n) is 3.44. The molecule has 0 atom stereocenters. The molecule has 1 aromatic heterocycles. The van der Waals surface area contributed by atoms with Crippen LogP contribution in [0.4, 0.5) is 16.2 Å². The first kappa shape index (κ1) is 15.2. The summed E-state index contributed by atoms with van der Waals surface area (Å²) in [4.78, 5) is 21.0. The van der Waals surface area contributed by atoms with E-state index in [0.29, 0.717) is 16.4 Å². The number of carbonyl (C=O) groups is 1. The van der Waals surface area contributed by atoms with Crippen molar-refractivity contribution < 1.29 is 4.79 Å². The molecule has 0 aliphatic rings. The Morgan fingerprint density at radius 2 is 1.43 bits per heavy atom. The van der Waals surface area contributed by atoms with Gasteiger partial charge in [-0.3, -0.25) is 0 Å². The van der Waals surface area contributed by atoms with Crippen LogP contribution >= 0.6 is 11.6 Å². The molecule has 0 saturated carbocycles. The van der Waals surface area contributed by atoms with Crippen LogP contribution < -0.4 is 10.6 Å². The van der Waals surface area contributed by atoms with Gasteiger partial charge in [0.05, 0.1) is 22.4 Å². The summed E-state index contributed by atoms with van der Waals surface area (Å²) in [6, 6.07) is 12.0. The van der Waals surface area contributed by atoms with Crippen LogP contribution in [0.25, 0.3) is 11.0 Å². The number of rotatable bonds is 2. The summed E-state index contributed by atoms with van der Waals surface area (Å²) in [5, 5.41) is 6.14. The lowest BCUT2D eigenvalue weighted by Crippen LogP contribution is -2.19. The number of aryl methyl sites for hydroxylation is 2. The quantitative estimate of drug-likeness (QED) is 0.726. The molecule has 0 saturated heterocycles. The summed E-state index contributed by atoms with van der Waals surface area (Å²) < 4.78 is 0. The third kappa shape index (κ3) is 3.57. The lowest BCUT2D eigenvalue weighted by molar-refractivity contribution is 0.262. The van der Waals surface area contributed by atoms with Crippen LogP contribution in [0.2, 0.25) is 5.02 Å². The van der Waals surface area contributed by atoms with Crippen molar-refractivity contribution in [2.45, 2.75) is 13.8 Å². The molecule has 2 amide bonds. The third-order valence-corrected chi connectivity index (χ3v) is 3.69. The Kier molecular flexibility index (Phi) is 4.12. The number of hydrogen-bond donors (Lipinski definition) is 2. The van der Waals surface area contributed by atoms with Gasteiger partial charge in [-0.2, -0.15) is 0 Å². The molecule has 6 heteroatoms. The van der Waals surface area contributed by atoms with E-state index < -0.39 is 0 Å². The number of halogens is 1. The molecule has 0 aliphatic carbocycles. The molecule has 3 rings (SSSR count). The predicted molar refractivity (Wildman–Crippen MR) is 93.1 cm³/mol. The highest BCUT2D eigenvalue weighted by Gasteiger charge is 2.06. The van der Waals surface area contributed by atoms with Crippen molar-refractivity contribution in [3.63, 3.8) is 0 Å². The van der Waals surface area contributed by atoms with Crippen LogP contribution in [0.3, 0.4) is 0 Å². The van der Waals surface area contributed by atoms with Gasteiger partial charge in [0.1, 0.15) is 0 Å². The zero-order valence-corrected chi connectivity index (χ0v) is 13.5. The second-order valence-electron chi connectivity index (χ2n) is 5.18. The highest BCUT2D eigenvalue weighted by molar-refractivity contribution is 6.30. The topological polar surface area (TPSA) is 66.9 Å². The molecular formula is C17H15ClN4O. The number of amides is 2. The molecule has 2 aromatic carbocycles. The molecule has 1 heterocycles. The lowest BCUT2D eigenvalue weighted by Gasteiger charge is -2.09. The van der Waals surface area contributed by atoms with Crippen LogP contribution in [0.1, 0.15) is 11.4 Å². The van der Waals surface area contributed by atoms with Crippen LogP contribution in [-0.4, -0.2) is 16.0 Å². The fourth-order valence-corrected chi connectivity index (χ4v) is 2.26. The number of fused-ring (bicyclic) bond motifs is 1. The number of nitrogens with one attached hydrogen (secondary N) is 2. The Labute approximate surface area is 138 Å². The van der Waals surface area contributed by atoms with Crippen molar-refractivity contribution in [3.05, 3.63) is 58.9 Å². The van der Waals surface area contributed by atoms with E-state index in [2.05, 4.69) is 20.6 Å². The van der Waals surface area contributed by atoms with E-state index in [4.69, 9.17) is 11.6 Å². The molecule has 0 radical (unpaired) electrons. The number of aromatic nitrogens is 2. The first-order valence-corrected chi connectivity index (χ1v) is 7.47. The van der Waals surface area contributed by atoms with Crippen molar-refractivity contribution in [3.8, 4) is 0 Å². The molecule has 0 spiro atoms. The highest BCUT2D eigenvalue weighted by Crippen LogP contribution is 2.18. The average Bonchev–Trinajstić information content (AvgIpc) is 2.51. The van der Waals surface area contributed by atoms with Crippen LogP contribution in [0.15, 0.2) is 42.5 Å². The summed E-state index contributed by atoms with van der Waals surface area (Å²) in [6.45, 7) is 3.84.